The molecule has 4 heteroatoms. The van der Waals surface area contributed by atoms with Crippen molar-refractivity contribution in [3.8, 4) is 0 Å². The van der Waals surface area contributed by atoms with Gasteiger partial charge in [0.2, 0.25) is 5.90 Å². The Hall–Kier alpha value is -1.65. The Labute approximate surface area is 128 Å². The molecule has 0 saturated heterocycles. The minimum atomic E-state index is -0.569. The van der Waals surface area contributed by atoms with E-state index in [0.29, 0.717) is 12.5 Å². The molecule has 1 aromatic heterocycles. The van der Waals surface area contributed by atoms with E-state index in [2.05, 4.69) is 18.8 Å². The number of aliphatic hydroxyl groups is 1. The molecule has 1 atom stereocenters. The van der Waals surface area contributed by atoms with E-state index in [1.54, 1.807) is 11.3 Å². The number of benzene rings is 1. The molecular formula is C17H19NO2S. The third kappa shape index (κ3) is 3.01. The van der Waals surface area contributed by atoms with Crippen molar-refractivity contribution < 1.29 is 9.84 Å². The summed E-state index contributed by atoms with van der Waals surface area (Å²) in [4.78, 5) is 6.73. The fourth-order valence-corrected chi connectivity index (χ4v) is 3.20. The van der Waals surface area contributed by atoms with Gasteiger partial charge in [-0.3, -0.25) is 0 Å². The number of rotatable bonds is 3. The molecule has 0 aliphatic carbocycles. The molecule has 1 aliphatic heterocycles. The van der Waals surface area contributed by atoms with E-state index < -0.39 is 6.10 Å². The molecule has 0 saturated carbocycles. The number of ether oxygens (including phenoxy) is 1. The largest absolute Gasteiger partial charge is 0.475 e. The summed E-state index contributed by atoms with van der Waals surface area (Å²) in [6, 6.07) is 11.8. The number of thiophene rings is 1. The zero-order valence-electron chi connectivity index (χ0n) is 12.5. The summed E-state index contributed by atoms with van der Waals surface area (Å²) in [5.41, 5.74) is 1.69. The molecule has 1 unspecified atom stereocenters. The van der Waals surface area contributed by atoms with E-state index in [9.17, 15) is 5.11 Å². The molecule has 0 spiro atoms. The Kier molecular flexibility index (Phi) is 3.59. The summed E-state index contributed by atoms with van der Waals surface area (Å²) in [5.74, 6) is 0.688. The fraction of sp³-hybridized carbons (Fsp3) is 0.353. The van der Waals surface area contributed by atoms with Gasteiger partial charge in [0.25, 0.3) is 0 Å². The molecule has 0 radical (unpaired) electrons. The van der Waals surface area contributed by atoms with Crippen LogP contribution in [-0.2, 0) is 4.74 Å². The summed E-state index contributed by atoms with van der Waals surface area (Å²) >= 11 is 1.62. The third-order valence-corrected chi connectivity index (χ3v) is 4.52. The number of hydrogen-bond acceptors (Lipinski definition) is 4. The predicted octanol–water partition coefficient (Wildman–Crippen LogP) is 3.69. The lowest BCUT2D eigenvalue weighted by molar-refractivity contribution is 0.224. The number of aliphatic hydroxyl groups excluding tert-OH is 1. The molecule has 3 nitrogen and oxygen atoms in total. The van der Waals surface area contributed by atoms with Crippen LogP contribution < -0.4 is 0 Å². The Morgan fingerprint density at radius 1 is 1.19 bits per heavy atom. The topological polar surface area (TPSA) is 41.8 Å². The van der Waals surface area contributed by atoms with Crippen LogP contribution in [0, 0.1) is 6.92 Å². The summed E-state index contributed by atoms with van der Waals surface area (Å²) in [5, 5.41) is 10.4. The number of aliphatic imine (C=N–C) groups is 1. The van der Waals surface area contributed by atoms with Crippen molar-refractivity contribution in [3.63, 3.8) is 0 Å². The van der Waals surface area contributed by atoms with Gasteiger partial charge in [-0.2, -0.15) is 0 Å². The highest BCUT2D eigenvalue weighted by Crippen LogP contribution is 2.29. The minimum absolute atomic E-state index is 0.151. The lowest BCUT2D eigenvalue weighted by atomic mass is 10.1. The molecule has 0 fully saturated rings. The van der Waals surface area contributed by atoms with Crippen molar-refractivity contribution in [2.75, 3.05) is 6.61 Å². The van der Waals surface area contributed by atoms with E-state index in [4.69, 9.17) is 4.74 Å². The van der Waals surface area contributed by atoms with Crippen LogP contribution in [0.5, 0.6) is 0 Å². The van der Waals surface area contributed by atoms with Crippen molar-refractivity contribution in [3.05, 3.63) is 57.3 Å². The maximum atomic E-state index is 10.4. The number of aryl methyl sites for hydroxylation is 1. The van der Waals surface area contributed by atoms with Crippen LogP contribution >= 0.6 is 11.3 Å². The zero-order chi connectivity index (χ0) is 15.0. The van der Waals surface area contributed by atoms with Crippen LogP contribution in [0.3, 0.4) is 0 Å². The molecule has 1 aliphatic rings. The van der Waals surface area contributed by atoms with Crippen LogP contribution in [0.25, 0.3) is 0 Å². The standard InChI is InChI=1S/C17H19NO2S/c1-11-4-9-14(21-11)15(19)12-5-7-13(8-6-12)16-18-17(2,3)10-20-16/h4-9,15,19H,10H2,1-3H3. The van der Waals surface area contributed by atoms with Crippen molar-refractivity contribution in [1.82, 2.24) is 0 Å². The van der Waals surface area contributed by atoms with Crippen LogP contribution in [0.4, 0.5) is 0 Å². The van der Waals surface area contributed by atoms with Gasteiger partial charge in [-0.1, -0.05) is 12.1 Å². The third-order valence-electron chi connectivity index (χ3n) is 3.47. The van der Waals surface area contributed by atoms with Gasteiger partial charge in [0.1, 0.15) is 12.7 Å². The summed E-state index contributed by atoms with van der Waals surface area (Å²) < 4.78 is 5.63. The predicted molar refractivity (Wildman–Crippen MR) is 86.1 cm³/mol. The van der Waals surface area contributed by atoms with E-state index in [0.717, 1.165) is 16.0 Å². The molecule has 0 amide bonds. The van der Waals surface area contributed by atoms with Crippen LogP contribution in [0.1, 0.15) is 40.8 Å². The second-order valence-corrected chi connectivity index (χ2v) is 7.31. The summed E-state index contributed by atoms with van der Waals surface area (Å²) in [6.45, 7) is 6.76. The average Bonchev–Trinajstić information content (AvgIpc) is 3.04. The Bertz CT molecular complexity index is 670. The van der Waals surface area contributed by atoms with E-state index >= 15 is 0 Å². The summed E-state index contributed by atoms with van der Waals surface area (Å²) in [6.07, 6.45) is -0.569. The molecule has 1 N–H and O–H groups in total. The van der Waals surface area contributed by atoms with Gasteiger partial charge in [-0.05, 0) is 50.6 Å². The van der Waals surface area contributed by atoms with Gasteiger partial charge in [-0.25, -0.2) is 4.99 Å². The van der Waals surface area contributed by atoms with Crippen LogP contribution in [-0.4, -0.2) is 23.2 Å². The smallest absolute Gasteiger partial charge is 0.216 e. The van der Waals surface area contributed by atoms with Gasteiger partial charge >= 0.3 is 0 Å². The molecule has 2 aromatic rings. The number of nitrogens with zero attached hydrogens (tertiary/aromatic N) is 1. The van der Waals surface area contributed by atoms with Crippen molar-refractivity contribution in [2.45, 2.75) is 32.4 Å². The molecule has 3 rings (SSSR count). The lowest BCUT2D eigenvalue weighted by Crippen LogP contribution is -2.17. The SMILES string of the molecule is Cc1ccc(C(O)c2ccc(C3=NC(C)(C)CO3)cc2)s1. The van der Waals surface area contributed by atoms with Gasteiger partial charge in [-0.15, -0.1) is 11.3 Å². The molecule has 1 aromatic carbocycles. The highest BCUT2D eigenvalue weighted by Gasteiger charge is 2.27. The maximum Gasteiger partial charge on any atom is 0.216 e. The van der Waals surface area contributed by atoms with Crippen molar-refractivity contribution in [2.24, 2.45) is 4.99 Å². The molecule has 0 bridgehead atoms. The van der Waals surface area contributed by atoms with E-state index in [-0.39, 0.29) is 5.54 Å². The fourth-order valence-electron chi connectivity index (χ4n) is 2.30. The second-order valence-electron chi connectivity index (χ2n) is 5.99. The second kappa shape index (κ2) is 5.28. The first-order valence-corrected chi connectivity index (χ1v) is 7.84. The first-order chi connectivity index (χ1) is 9.94. The van der Waals surface area contributed by atoms with E-state index in [1.807, 2.05) is 43.3 Å². The van der Waals surface area contributed by atoms with Crippen LogP contribution in [0.2, 0.25) is 0 Å². The van der Waals surface area contributed by atoms with Gasteiger partial charge in [0.05, 0.1) is 5.54 Å². The van der Waals surface area contributed by atoms with Crippen LogP contribution in [0.15, 0.2) is 41.4 Å². The maximum absolute atomic E-state index is 10.4. The zero-order valence-corrected chi connectivity index (χ0v) is 13.3. The first kappa shape index (κ1) is 14.3. The Morgan fingerprint density at radius 3 is 2.43 bits per heavy atom. The van der Waals surface area contributed by atoms with E-state index in [1.165, 1.54) is 4.88 Å². The van der Waals surface area contributed by atoms with Gasteiger partial charge in [0, 0.05) is 15.3 Å². The quantitative estimate of drug-likeness (QED) is 0.939. The lowest BCUT2D eigenvalue weighted by Gasteiger charge is -2.10. The first-order valence-electron chi connectivity index (χ1n) is 7.02. The Balaban J connectivity index is 1.81. The highest BCUT2D eigenvalue weighted by molar-refractivity contribution is 7.12. The molecular weight excluding hydrogens is 282 g/mol. The molecule has 110 valence electrons. The normalized spacial score (nSPS) is 18.2. The van der Waals surface area contributed by atoms with Gasteiger partial charge in [0.15, 0.2) is 0 Å². The average molecular weight is 301 g/mol. The summed E-state index contributed by atoms with van der Waals surface area (Å²) in [7, 11) is 0. The van der Waals surface area contributed by atoms with Crippen molar-refractivity contribution in [1.29, 1.82) is 0 Å². The van der Waals surface area contributed by atoms with Gasteiger partial charge < -0.3 is 9.84 Å². The van der Waals surface area contributed by atoms with Crippen molar-refractivity contribution >= 4 is 17.2 Å². The molecule has 21 heavy (non-hydrogen) atoms. The monoisotopic (exact) mass is 301 g/mol. The minimum Gasteiger partial charge on any atom is -0.475 e. The Morgan fingerprint density at radius 2 is 1.90 bits per heavy atom. The number of hydrogen-bond donors (Lipinski definition) is 1. The highest BCUT2D eigenvalue weighted by atomic mass is 32.1. The molecule has 2 heterocycles.